The van der Waals surface area contributed by atoms with Gasteiger partial charge in [-0.05, 0) is 38.1 Å². The Kier molecular flexibility index (Phi) is 5.04. The molecule has 0 amide bonds. The molecule has 28 heavy (non-hydrogen) atoms. The minimum Gasteiger partial charge on any atom is -0.486 e. The van der Waals surface area contributed by atoms with Crippen molar-refractivity contribution in [1.29, 1.82) is 5.26 Å². The molecule has 7 heteroatoms. The first kappa shape index (κ1) is 18.1. The highest BCUT2D eigenvalue weighted by Crippen LogP contribution is 2.31. The molecule has 1 aromatic carbocycles. The van der Waals surface area contributed by atoms with Crippen LogP contribution in [0.4, 0.5) is 5.88 Å². The Balaban J connectivity index is 1.51. The molecule has 0 saturated carbocycles. The number of oxazole rings is 1. The molecule has 144 valence electrons. The van der Waals surface area contributed by atoms with Crippen molar-refractivity contribution in [3.8, 4) is 23.5 Å². The summed E-state index contributed by atoms with van der Waals surface area (Å²) in [6.45, 7) is 5.57. The Labute approximate surface area is 163 Å². The number of benzene rings is 1. The predicted molar refractivity (Wildman–Crippen MR) is 102 cm³/mol. The average Bonchev–Trinajstić information content (AvgIpc) is 3.33. The van der Waals surface area contributed by atoms with Crippen molar-refractivity contribution in [3.05, 3.63) is 53.9 Å². The van der Waals surface area contributed by atoms with Gasteiger partial charge in [0.1, 0.15) is 24.2 Å². The number of nitriles is 1. The van der Waals surface area contributed by atoms with E-state index < -0.39 is 0 Å². The van der Waals surface area contributed by atoms with Crippen molar-refractivity contribution in [2.24, 2.45) is 0 Å². The van der Waals surface area contributed by atoms with E-state index in [0.29, 0.717) is 37.1 Å². The fourth-order valence-electron chi connectivity index (χ4n) is 3.29. The number of nitrogens with zero attached hydrogens (tertiary/aromatic N) is 3. The van der Waals surface area contributed by atoms with Crippen LogP contribution in [-0.2, 0) is 11.3 Å². The van der Waals surface area contributed by atoms with Crippen LogP contribution in [0.2, 0.25) is 0 Å². The Morgan fingerprint density at radius 2 is 1.86 bits per heavy atom. The second kappa shape index (κ2) is 7.79. The monoisotopic (exact) mass is 379 g/mol. The highest BCUT2D eigenvalue weighted by molar-refractivity contribution is 5.56. The molecule has 0 N–H and O–H groups in total. The summed E-state index contributed by atoms with van der Waals surface area (Å²) < 4.78 is 23.1. The molecule has 2 aromatic heterocycles. The average molecular weight is 379 g/mol. The van der Waals surface area contributed by atoms with E-state index in [0.717, 1.165) is 5.75 Å². The van der Waals surface area contributed by atoms with Gasteiger partial charge in [0.05, 0.1) is 12.2 Å². The van der Waals surface area contributed by atoms with Gasteiger partial charge in [-0.25, -0.2) is 0 Å². The molecule has 0 unspecified atom stereocenters. The second-order valence-corrected chi connectivity index (χ2v) is 6.81. The van der Waals surface area contributed by atoms with Crippen molar-refractivity contribution in [2.45, 2.75) is 32.7 Å². The fourth-order valence-corrected chi connectivity index (χ4v) is 3.29. The zero-order valence-corrected chi connectivity index (χ0v) is 15.8. The lowest BCUT2D eigenvalue weighted by molar-refractivity contribution is -0.00639. The zero-order chi connectivity index (χ0) is 19.5. The number of aromatic nitrogens is 1. The highest BCUT2D eigenvalue weighted by atomic mass is 16.5. The zero-order valence-electron chi connectivity index (χ0n) is 15.8. The maximum Gasteiger partial charge on any atom is 0.266 e. The number of anilines is 1. The predicted octanol–water partition coefficient (Wildman–Crippen LogP) is 4.00. The molecule has 0 aliphatic carbocycles. The normalized spacial score (nSPS) is 19.4. The molecular formula is C21H21N3O4. The first-order chi connectivity index (χ1) is 13.6. The molecule has 7 nitrogen and oxygen atoms in total. The first-order valence-corrected chi connectivity index (χ1v) is 9.20. The van der Waals surface area contributed by atoms with Crippen LogP contribution in [0.5, 0.6) is 5.75 Å². The number of ether oxygens (including phenoxy) is 2. The Bertz CT molecular complexity index is 963. The van der Waals surface area contributed by atoms with Crippen LogP contribution in [0, 0.1) is 11.3 Å². The van der Waals surface area contributed by atoms with Crippen LogP contribution in [-0.4, -0.2) is 30.3 Å². The van der Waals surface area contributed by atoms with E-state index in [4.69, 9.17) is 18.3 Å². The van der Waals surface area contributed by atoms with E-state index in [1.807, 2.05) is 55.1 Å². The van der Waals surface area contributed by atoms with E-state index >= 15 is 0 Å². The standard InChI is InChI=1S/C21H21N3O4/c1-14-11-24(12-15(2)26-14)21-18(10-22)23-20(28-21)19-9-8-17(27-19)13-25-16-6-4-3-5-7-16/h3-9,14-15H,11-13H2,1-2H3/t14-,15+. The largest absolute Gasteiger partial charge is 0.486 e. The molecule has 0 spiro atoms. The third-order valence-corrected chi connectivity index (χ3v) is 4.42. The van der Waals surface area contributed by atoms with E-state index in [9.17, 15) is 5.26 Å². The third-order valence-electron chi connectivity index (χ3n) is 4.42. The lowest BCUT2D eigenvalue weighted by Gasteiger charge is -2.34. The van der Waals surface area contributed by atoms with Gasteiger partial charge in [-0.1, -0.05) is 18.2 Å². The maximum atomic E-state index is 9.48. The number of morpholine rings is 1. The summed E-state index contributed by atoms with van der Waals surface area (Å²) in [6, 6.07) is 15.2. The molecule has 0 bridgehead atoms. The maximum absolute atomic E-state index is 9.48. The smallest absolute Gasteiger partial charge is 0.266 e. The number of rotatable bonds is 5. The molecule has 0 radical (unpaired) electrons. The summed E-state index contributed by atoms with van der Waals surface area (Å²) in [5.41, 5.74) is 0.245. The Hall–Kier alpha value is -3.24. The molecule has 1 fully saturated rings. The van der Waals surface area contributed by atoms with Crippen molar-refractivity contribution < 1.29 is 18.3 Å². The van der Waals surface area contributed by atoms with Gasteiger partial charge >= 0.3 is 0 Å². The topological polar surface area (TPSA) is 84.7 Å². The van der Waals surface area contributed by atoms with Gasteiger partial charge in [-0.15, -0.1) is 0 Å². The summed E-state index contributed by atoms with van der Waals surface area (Å²) >= 11 is 0. The van der Waals surface area contributed by atoms with Gasteiger partial charge in [0.2, 0.25) is 11.6 Å². The first-order valence-electron chi connectivity index (χ1n) is 9.20. The quantitative estimate of drug-likeness (QED) is 0.662. The Morgan fingerprint density at radius 3 is 2.57 bits per heavy atom. The highest BCUT2D eigenvalue weighted by Gasteiger charge is 2.28. The van der Waals surface area contributed by atoms with Crippen molar-refractivity contribution in [1.82, 2.24) is 4.98 Å². The minimum atomic E-state index is 0.0502. The minimum absolute atomic E-state index is 0.0502. The van der Waals surface area contributed by atoms with E-state index in [-0.39, 0.29) is 23.8 Å². The second-order valence-electron chi connectivity index (χ2n) is 6.81. The van der Waals surface area contributed by atoms with Crippen LogP contribution in [0.25, 0.3) is 11.7 Å². The van der Waals surface area contributed by atoms with E-state index in [1.165, 1.54) is 0 Å². The summed E-state index contributed by atoms with van der Waals surface area (Å²) in [5, 5.41) is 9.48. The molecule has 3 aromatic rings. The van der Waals surface area contributed by atoms with Crippen LogP contribution < -0.4 is 9.64 Å². The van der Waals surface area contributed by atoms with Gasteiger partial charge < -0.3 is 23.2 Å². The molecule has 1 aliphatic heterocycles. The lowest BCUT2D eigenvalue weighted by atomic mass is 10.2. The fraction of sp³-hybridized carbons (Fsp3) is 0.333. The van der Waals surface area contributed by atoms with Crippen molar-refractivity contribution >= 4 is 5.88 Å². The van der Waals surface area contributed by atoms with Crippen molar-refractivity contribution in [2.75, 3.05) is 18.0 Å². The van der Waals surface area contributed by atoms with Crippen LogP contribution in [0.3, 0.4) is 0 Å². The van der Waals surface area contributed by atoms with Crippen LogP contribution in [0.15, 0.2) is 51.3 Å². The lowest BCUT2D eigenvalue weighted by Crippen LogP contribution is -2.45. The number of hydrogen-bond acceptors (Lipinski definition) is 7. The van der Waals surface area contributed by atoms with Crippen LogP contribution >= 0.6 is 0 Å². The van der Waals surface area contributed by atoms with Gasteiger partial charge in [0, 0.05) is 13.1 Å². The third kappa shape index (κ3) is 3.87. The molecule has 4 rings (SSSR count). The summed E-state index contributed by atoms with van der Waals surface area (Å²) in [7, 11) is 0. The molecule has 3 heterocycles. The van der Waals surface area contributed by atoms with Crippen LogP contribution in [0.1, 0.15) is 25.3 Å². The SMILES string of the molecule is C[C@@H]1CN(c2oc(-c3ccc(COc4ccccc4)o3)nc2C#N)C[C@H](C)O1. The number of furan rings is 1. The van der Waals surface area contributed by atoms with Gasteiger partial charge in [0.15, 0.2) is 5.76 Å². The summed E-state index contributed by atoms with van der Waals surface area (Å²) in [4.78, 5) is 6.31. The molecule has 1 saturated heterocycles. The van der Waals surface area contributed by atoms with Gasteiger partial charge in [-0.2, -0.15) is 10.2 Å². The molecule has 2 atom stereocenters. The number of para-hydroxylation sites is 1. The molecule has 1 aliphatic rings. The van der Waals surface area contributed by atoms with Gasteiger partial charge in [-0.3, -0.25) is 0 Å². The Morgan fingerprint density at radius 1 is 1.11 bits per heavy atom. The summed E-state index contributed by atoms with van der Waals surface area (Å²) in [6.07, 6.45) is 0.100. The van der Waals surface area contributed by atoms with Gasteiger partial charge in [0.25, 0.3) is 5.89 Å². The summed E-state index contributed by atoms with van der Waals surface area (Å²) in [5.74, 6) is 2.61. The molecular weight excluding hydrogens is 358 g/mol. The number of hydrogen-bond donors (Lipinski definition) is 0. The van der Waals surface area contributed by atoms with E-state index in [1.54, 1.807) is 6.07 Å². The van der Waals surface area contributed by atoms with Crippen molar-refractivity contribution in [3.63, 3.8) is 0 Å². The van der Waals surface area contributed by atoms with E-state index in [2.05, 4.69) is 11.1 Å².